The number of rotatable bonds is 15. The number of nitrogens with zero attached hydrogens (tertiary/aromatic N) is 2. The van der Waals surface area contributed by atoms with Crippen molar-refractivity contribution in [1.82, 2.24) is 10.2 Å². The van der Waals surface area contributed by atoms with Crippen LogP contribution in [0.4, 0.5) is 4.79 Å². The molecule has 9 heteroatoms. The predicted octanol–water partition coefficient (Wildman–Crippen LogP) is 4.14. The molecule has 192 valence electrons. The lowest BCUT2D eigenvalue weighted by Gasteiger charge is -2.45. The number of nitrogens with one attached hydrogen (secondary N) is 1. The summed E-state index contributed by atoms with van der Waals surface area (Å²) in [5.41, 5.74) is -0.171. The molecular weight excluding hydrogens is 454 g/mol. The van der Waals surface area contributed by atoms with Gasteiger partial charge in [-0.25, -0.2) is 14.6 Å². The first-order chi connectivity index (χ1) is 16.0. The molecule has 0 radical (unpaired) electrons. The van der Waals surface area contributed by atoms with E-state index in [9.17, 15) is 19.2 Å². The first kappa shape index (κ1) is 29.9. The minimum absolute atomic E-state index is 0.00791. The van der Waals surface area contributed by atoms with Gasteiger partial charge >= 0.3 is 6.09 Å². The third-order valence-electron chi connectivity index (χ3n) is 5.99. The second-order valence-electron chi connectivity index (χ2n) is 10.2. The topological polar surface area (TPSA) is 105 Å². The zero-order valence-electron chi connectivity index (χ0n) is 21.2. The Morgan fingerprint density at radius 2 is 1.91 bits per heavy atom. The first-order valence-corrected chi connectivity index (χ1v) is 13.1. The summed E-state index contributed by atoms with van der Waals surface area (Å²) in [7, 11) is 0. The minimum Gasteiger partial charge on any atom is -0.448 e. The van der Waals surface area contributed by atoms with Crippen LogP contribution in [-0.2, 0) is 19.1 Å². The van der Waals surface area contributed by atoms with E-state index in [0.717, 1.165) is 43.6 Å². The van der Waals surface area contributed by atoms with Crippen molar-refractivity contribution in [2.45, 2.75) is 72.3 Å². The van der Waals surface area contributed by atoms with E-state index < -0.39 is 6.09 Å². The highest BCUT2D eigenvalue weighted by atomic mass is 32.2. The fourth-order valence-electron chi connectivity index (χ4n) is 4.87. The zero-order chi connectivity index (χ0) is 25.6. The van der Waals surface area contributed by atoms with E-state index in [1.165, 1.54) is 13.0 Å². The van der Waals surface area contributed by atoms with Crippen molar-refractivity contribution >= 4 is 35.6 Å². The molecule has 0 aromatic heterocycles. The van der Waals surface area contributed by atoms with Gasteiger partial charge in [0.15, 0.2) is 5.78 Å². The minimum atomic E-state index is -0.489. The highest BCUT2D eigenvalue weighted by Crippen LogP contribution is 2.46. The van der Waals surface area contributed by atoms with Gasteiger partial charge in [-0.15, -0.1) is 0 Å². The quantitative estimate of drug-likeness (QED) is 0.158. The molecule has 1 aliphatic carbocycles. The Morgan fingerprint density at radius 3 is 2.56 bits per heavy atom. The van der Waals surface area contributed by atoms with E-state index in [1.54, 1.807) is 22.7 Å². The summed E-state index contributed by atoms with van der Waals surface area (Å²) in [5.74, 6) is 1.82. The lowest BCUT2D eigenvalue weighted by atomic mass is 9.62. The maximum absolute atomic E-state index is 12.4. The molecule has 0 aliphatic heterocycles. The lowest BCUT2D eigenvalue weighted by molar-refractivity contribution is -0.129. The highest BCUT2D eigenvalue weighted by molar-refractivity contribution is 7.99. The molecular formula is C25H41N3O5S. The zero-order valence-corrected chi connectivity index (χ0v) is 22.0. The van der Waals surface area contributed by atoms with Gasteiger partial charge in [0.25, 0.3) is 0 Å². The van der Waals surface area contributed by atoms with E-state index in [4.69, 9.17) is 4.74 Å². The number of hydrogen-bond donors (Lipinski definition) is 1. The Hall–Kier alpha value is -2.12. The van der Waals surface area contributed by atoms with Crippen LogP contribution < -0.4 is 5.32 Å². The number of carbonyl (C=O) groups excluding carboxylic acids is 4. The molecule has 1 fully saturated rings. The standard InChI is InChI=1S/C25H41N3O5S/c1-6-22(31)9-7-13-34-14-8-10-28(20(2)30)11-12-33-23(32)27-21-15-24(3,4)17-25(5,16-21)18-26-19-29/h6,21H,1,7-18H2,2-5H3,(H,27,32). The number of isocyanates is 1. The Balaban J connectivity index is 2.35. The lowest BCUT2D eigenvalue weighted by Crippen LogP contribution is -2.48. The number of thioether (sulfide) groups is 1. The summed E-state index contributed by atoms with van der Waals surface area (Å²) >= 11 is 1.76. The van der Waals surface area contributed by atoms with Crippen molar-refractivity contribution in [1.29, 1.82) is 0 Å². The number of aliphatic imine (C=N–C) groups is 1. The maximum atomic E-state index is 12.4. The predicted molar refractivity (Wildman–Crippen MR) is 136 cm³/mol. The van der Waals surface area contributed by atoms with Crippen molar-refractivity contribution in [2.75, 3.05) is 37.7 Å². The van der Waals surface area contributed by atoms with Gasteiger partial charge in [0.05, 0.1) is 13.1 Å². The van der Waals surface area contributed by atoms with E-state index in [2.05, 4.69) is 37.7 Å². The Labute approximate surface area is 208 Å². The van der Waals surface area contributed by atoms with Crippen LogP contribution in [0.5, 0.6) is 0 Å². The van der Waals surface area contributed by atoms with Crippen molar-refractivity contribution in [3.05, 3.63) is 12.7 Å². The summed E-state index contributed by atoms with van der Waals surface area (Å²) in [6.45, 7) is 12.8. The summed E-state index contributed by atoms with van der Waals surface area (Å²) in [5, 5.41) is 2.95. The summed E-state index contributed by atoms with van der Waals surface area (Å²) < 4.78 is 5.36. The normalized spacial score (nSPS) is 21.1. The number of allylic oxidation sites excluding steroid dienone is 1. The average Bonchev–Trinajstić information content (AvgIpc) is 2.73. The average molecular weight is 496 g/mol. The molecule has 1 saturated carbocycles. The Kier molecular flexibility index (Phi) is 13.2. The Morgan fingerprint density at radius 1 is 1.21 bits per heavy atom. The fourth-order valence-corrected chi connectivity index (χ4v) is 5.76. The third-order valence-corrected chi connectivity index (χ3v) is 7.14. The second kappa shape index (κ2) is 15.0. The van der Waals surface area contributed by atoms with E-state index in [1.807, 2.05) is 0 Å². The number of amides is 2. The molecule has 1 rings (SSSR count). The van der Waals surface area contributed by atoms with Crippen molar-refractivity contribution in [2.24, 2.45) is 15.8 Å². The van der Waals surface area contributed by atoms with Crippen LogP contribution in [0.15, 0.2) is 17.6 Å². The number of carbonyl (C=O) groups is 3. The molecule has 0 heterocycles. The largest absolute Gasteiger partial charge is 0.448 e. The molecule has 0 aromatic rings. The van der Waals surface area contributed by atoms with E-state index >= 15 is 0 Å². The molecule has 34 heavy (non-hydrogen) atoms. The maximum Gasteiger partial charge on any atom is 0.407 e. The van der Waals surface area contributed by atoms with Crippen LogP contribution in [-0.4, -0.2) is 72.6 Å². The smallest absolute Gasteiger partial charge is 0.407 e. The van der Waals surface area contributed by atoms with Gasteiger partial charge in [0.2, 0.25) is 12.0 Å². The molecule has 0 aromatic carbocycles. The summed E-state index contributed by atoms with van der Waals surface area (Å²) in [6.07, 6.45) is 7.13. The number of ketones is 1. The molecule has 8 nitrogen and oxygen atoms in total. The van der Waals surface area contributed by atoms with E-state index in [-0.39, 0.29) is 35.2 Å². The molecule has 0 bridgehead atoms. The van der Waals surface area contributed by atoms with Gasteiger partial charge in [0.1, 0.15) is 6.61 Å². The molecule has 2 amide bonds. The van der Waals surface area contributed by atoms with Crippen LogP contribution >= 0.6 is 11.8 Å². The third kappa shape index (κ3) is 12.4. The fraction of sp³-hybridized carbons (Fsp3) is 0.760. The first-order valence-electron chi connectivity index (χ1n) is 12.0. The van der Waals surface area contributed by atoms with Crippen molar-refractivity contribution in [3.63, 3.8) is 0 Å². The summed E-state index contributed by atoms with van der Waals surface area (Å²) in [6, 6.07) is -0.0641. The molecule has 1 aliphatic rings. The van der Waals surface area contributed by atoms with Crippen LogP contribution in [0.2, 0.25) is 0 Å². The SMILES string of the molecule is C=CC(=O)CCCSCCCN(CCOC(=O)NC1CC(C)(C)CC(C)(CN=C=O)C1)C(C)=O. The summed E-state index contributed by atoms with van der Waals surface area (Å²) in [4.78, 5) is 51.5. The number of alkyl carbamates (subject to hydrolysis) is 1. The van der Waals surface area contributed by atoms with Crippen molar-refractivity contribution in [3.8, 4) is 0 Å². The van der Waals surface area contributed by atoms with Gasteiger partial charge in [-0.3, -0.25) is 9.59 Å². The molecule has 1 N–H and O–H groups in total. The van der Waals surface area contributed by atoms with Gasteiger partial charge < -0.3 is 15.0 Å². The molecule has 0 spiro atoms. The van der Waals surface area contributed by atoms with Crippen LogP contribution in [0, 0.1) is 10.8 Å². The molecule has 2 atom stereocenters. The molecule has 0 saturated heterocycles. The van der Waals surface area contributed by atoms with Gasteiger partial charge in [-0.05, 0) is 60.5 Å². The van der Waals surface area contributed by atoms with E-state index in [0.29, 0.717) is 26.1 Å². The second-order valence-corrected chi connectivity index (χ2v) is 11.4. The van der Waals surface area contributed by atoms with Gasteiger partial charge in [-0.1, -0.05) is 27.4 Å². The number of hydrogen-bond acceptors (Lipinski definition) is 7. The van der Waals surface area contributed by atoms with Crippen molar-refractivity contribution < 1.29 is 23.9 Å². The monoisotopic (exact) mass is 495 g/mol. The van der Waals surface area contributed by atoms with Crippen LogP contribution in [0.1, 0.15) is 66.2 Å². The van der Waals surface area contributed by atoms with Gasteiger partial charge in [-0.2, -0.15) is 11.8 Å². The van der Waals surface area contributed by atoms with Crippen LogP contribution in [0.25, 0.3) is 0 Å². The van der Waals surface area contributed by atoms with Crippen LogP contribution in [0.3, 0.4) is 0 Å². The highest BCUT2D eigenvalue weighted by Gasteiger charge is 2.41. The Bertz CT molecular complexity index is 751. The number of ether oxygens (including phenoxy) is 1. The molecule has 2 unspecified atom stereocenters. The van der Waals surface area contributed by atoms with Gasteiger partial charge in [0, 0.05) is 25.9 Å².